The molecular weight excluding hydrogens is 286 g/mol. The molecule has 21 heavy (non-hydrogen) atoms. The van der Waals surface area contributed by atoms with Crippen molar-refractivity contribution in [3.8, 4) is 11.8 Å². The monoisotopic (exact) mass is 299 g/mol. The number of rotatable bonds is 4. The highest BCUT2D eigenvalue weighted by Gasteiger charge is 2.20. The van der Waals surface area contributed by atoms with E-state index in [-0.39, 0.29) is 9.80 Å². The molecule has 0 radical (unpaired) electrons. The molecule has 2 aromatic carbocycles. The van der Waals surface area contributed by atoms with E-state index < -0.39 is 9.84 Å². The Morgan fingerprint density at radius 2 is 1.71 bits per heavy atom. The molecule has 0 unspecified atom stereocenters. The first-order valence-corrected chi connectivity index (χ1v) is 7.63. The lowest BCUT2D eigenvalue weighted by Crippen LogP contribution is -2.03. The quantitative estimate of drug-likeness (QED) is 0.814. The topological polar surface area (TPSA) is 67.2 Å². The Balaban J connectivity index is 2.55. The molecule has 0 bridgehead atoms. The zero-order valence-electron chi connectivity index (χ0n) is 11.4. The summed E-state index contributed by atoms with van der Waals surface area (Å²) < 4.78 is 30.0. The van der Waals surface area contributed by atoms with Crippen molar-refractivity contribution < 1.29 is 13.2 Å². The van der Waals surface area contributed by atoms with Gasteiger partial charge in [0.25, 0.3) is 0 Å². The Morgan fingerprint density at radius 1 is 1.10 bits per heavy atom. The minimum atomic E-state index is -3.83. The van der Waals surface area contributed by atoms with Crippen LogP contribution in [0.3, 0.4) is 0 Å². The average molecular weight is 299 g/mol. The molecular formula is C16H13NO3S. The predicted octanol–water partition coefficient (Wildman–Crippen LogP) is 3.03. The van der Waals surface area contributed by atoms with E-state index in [1.165, 1.54) is 25.3 Å². The van der Waals surface area contributed by atoms with Crippen molar-refractivity contribution in [2.45, 2.75) is 4.90 Å². The standard InChI is InChI=1S/C16H13NO3S/c1-20-16-10-6-5-7-13(16)11-15(12-17)21(18,19)14-8-3-2-4-9-14/h2-11H,1H3/b15-11-. The zero-order chi connectivity index (χ0) is 15.3. The molecule has 0 aliphatic heterocycles. The minimum absolute atomic E-state index is 0.0905. The van der Waals surface area contributed by atoms with Gasteiger partial charge >= 0.3 is 0 Å². The van der Waals surface area contributed by atoms with Crippen LogP contribution in [0, 0.1) is 11.3 Å². The predicted molar refractivity (Wildman–Crippen MR) is 80.2 cm³/mol. The van der Waals surface area contributed by atoms with Gasteiger partial charge in [0.15, 0.2) is 0 Å². The lowest BCUT2D eigenvalue weighted by molar-refractivity contribution is 0.414. The maximum absolute atomic E-state index is 12.4. The first-order valence-electron chi connectivity index (χ1n) is 6.14. The van der Waals surface area contributed by atoms with Gasteiger partial charge in [-0.05, 0) is 24.3 Å². The van der Waals surface area contributed by atoms with Crippen LogP contribution in [0.5, 0.6) is 5.75 Å². The normalized spacial score (nSPS) is 11.7. The first kappa shape index (κ1) is 14.8. The van der Waals surface area contributed by atoms with E-state index in [9.17, 15) is 13.7 Å². The van der Waals surface area contributed by atoms with Crippen molar-refractivity contribution in [1.29, 1.82) is 5.26 Å². The van der Waals surface area contributed by atoms with Gasteiger partial charge < -0.3 is 4.74 Å². The minimum Gasteiger partial charge on any atom is -0.496 e. The highest BCUT2D eigenvalue weighted by atomic mass is 32.2. The van der Waals surface area contributed by atoms with E-state index in [0.29, 0.717) is 11.3 Å². The third-order valence-electron chi connectivity index (χ3n) is 2.88. The number of methoxy groups -OCH3 is 1. The second kappa shape index (κ2) is 6.25. The van der Waals surface area contributed by atoms with Gasteiger partial charge in [-0.25, -0.2) is 8.42 Å². The second-order valence-corrected chi connectivity index (χ2v) is 6.10. The lowest BCUT2D eigenvalue weighted by atomic mass is 10.2. The first-order chi connectivity index (χ1) is 10.1. The Labute approximate surface area is 123 Å². The van der Waals surface area contributed by atoms with E-state index in [2.05, 4.69) is 0 Å². The molecule has 0 aliphatic carbocycles. The smallest absolute Gasteiger partial charge is 0.216 e. The van der Waals surface area contributed by atoms with E-state index in [0.717, 1.165) is 0 Å². The number of ether oxygens (including phenoxy) is 1. The van der Waals surface area contributed by atoms with Crippen LogP contribution in [0.25, 0.3) is 6.08 Å². The number of hydrogen-bond donors (Lipinski definition) is 0. The Hall–Kier alpha value is -2.58. The molecule has 0 amide bonds. The Bertz CT molecular complexity index is 803. The maximum atomic E-state index is 12.4. The van der Waals surface area contributed by atoms with Crippen molar-refractivity contribution in [3.05, 3.63) is 65.1 Å². The summed E-state index contributed by atoms with van der Waals surface area (Å²) in [6.07, 6.45) is 1.32. The van der Waals surface area contributed by atoms with Crippen molar-refractivity contribution >= 4 is 15.9 Å². The summed E-state index contributed by atoms with van der Waals surface area (Å²) in [7, 11) is -2.34. The summed E-state index contributed by atoms with van der Waals surface area (Å²) in [5, 5.41) is 9.21. The zero-order valence-corrected chi connectivity index (χ0v) is 12.2. The highest BCUT2D eigenvalue weighted by Crippen LogP contribution is 2.25. The average Bonchev–Trinajstić information content (AvgIpc) is 2.53. The molecule has 0 fully saturated rings. The molecule has 0 saturated carbocycles. The van der Waals surface area contributed by atoms with E-state index in [4.69, 9.17) is 4.74 Å². The number of para-hydroxylation sites is 1. The van der Waals surface area contributed by atoms with Crippen molar-refractivity contribution in [1.82, 2.24) is 0 Å². The molecule has 2 aromatic rings. The van der Waals surface area contributed by atoms with Crippen LogP contribution < -0.4 is 4.74 Å². The van der Waals surface area contributed by atoms with Crippen LogP contribution in [0.1, 0.15) is 5.56 Å². The van der Waals surface area contributed by atoms with E-state index in [1.54, 1.807) is 48.5 Å². The summed E-state index contributed by atoms with van der Waals surface area (Å²) in [5.74, 6) is 0.508. The molecule has 0 spiro atoms. The Morgan fingerprint density at radius 3 is 2.33 bits per heavy atom. The third-order valence-corrected chi connectivity index (χ3v) is 4.56. The largest absolute Gasteiger partial charge is 0.496 e. The fraction of sp³-hybridized carbons (Fsp3) is 0.0625. The number of benzene rings is 2. The summed E-state index contributed by atoms with van der Waals surface area (Å²) >= 11 is 0. The molecule has 0 aliphatic rings. The van der Waals surface area contributed by atoms with Crippen molar-refractivity contribution in [3.63, 3.8) is 0 Å². The molecule has 4 nitrogen and oxygen atoms in total. The number of allylic oxidation sites excluding steroid dienone is 1. The SMILES string of the molecule is COc1ccccc1/C=C(/C#N)S(=O)(=O)c1ccccc1. The summed E-state index contributed by atoms with van der Waals surface area (Å²) in [6.45, 7) is 0. The molecule has 0 N–H and O–H groups in total. The molecule has 0 saturated heterocycles. The lowest BCUT2D eigenvalue weighted by Gasteiger charge is -2.06. The van der Waals surface area contributed by atoms with Crippen LogP contribution in [0.4, 0.5) is 0 Å². The van der Waals surface area contributed by atoms with Crippen LogP contribution in [0.15, 0.2) is 64.4 Å². The second-order valence-electron chi connectivity index (χ2n) is 4.18. The van der Waals surface area contributed by atoms with Crippen LogP contribution >= 0.6 is 0 Å². The number of sulfone groups is 1. The maximum Gasteiger partial charge on any atom is 0.216 e. The highest BCUT2D eigenvalue weighted by molar-refractivity contribution is 7.95. The van der Waals surface area contributed by atoms with E-state index >= 15 is 0 Å². The fourth-order valence-corrected chi connectivity index (χ4v) is 3.00. The van der Waals surface area contributed by atoms with E-state index in [1.807, 2.05) is 0 Å². The fourth-order valence-electron chi connectivity index (χ4n) is 1.82. The van der Waals surface area contributed by atoms with Gasteiger partial charge in [-0.3, -0.25) is 0 Å². The third kappa shape index (κ3) is 3.12. The van der Waals surface area contributed by atoms with Gasteiger partial charge in [-0.2, -0.15) is 5.26 Å². The number of nitrogens with zero attached hydrogens (tertiary/aromatic N) is 1. The Kier molecular flexibility index (Phi) is 4.41. The molecule has 5 heteroatoms. The number of hydrogen-bond acceptors (Lipinski definition) is 4. The molecule has 2 rings (SSSR count). The van der Waals surface area contributed by atoms with Gasteiger partial charge in [0, 0.05) is 5.56 Å². The van der Waals surface area contributed by atoms with Gasteiger partial charge in [0.05, 0.1) is 12.0 Å². The van der Waals surface area contributed by atoms with Crippen molar-refractivity contribution in [2.24, 2.45) is 0 Å². The van der Waals surface area contributed by atoms with Gasteiger partial charge in [-0.15, -0.1) is 0 Å². The van der Waals surface area contributed by atoms with Gasteiger partial charge in [0.1, 0.15) is 16.7 Å². The number of nitriles is 1. The molecule has 0 heterocycles. The van der Waals surface area contributed by atoms with Crippen molar-refractivity contribution in [2.75, 3.05) is 7.11 Å². The summed E-state index contributed by atoms with van der Waals surface area (Å²) in [6, 6.07) is 16.5. The van der Waals surface area contributed by atoms with Crippen LogP contribution in [0.2, 0.25) is 0 Å². The summed E-state index contributed by atoms with van der Waals surface area (Å²) in [4.78, 5) is -0.231. The van der Waals surface area contributed by atoms with Crippen LogP contribution in [-0.2, 0) is 9.84 Å². The molecule has 0 aromatic heterocycles. The molecule has 106 valence electrons. The van der Waals surface area contributed by atoms with Crippen LogP contribution in [-0.4, -0.2) is 15.5 Å². The van der Waals surface area contributed by atoms with Gasteiger partial charge in [0.2, 0.25) is 9.84 Å². The molecule has 0 atom stereocenters. The summed E-state index contributed by atoms with van der Waals surface area (Å²) in [5.41, 5.74) is 0.538. The van der Waals surface area contributed by atoms with Gasteiger partial charge in [-0.1, -0.05) is 36.4 Å².